The standard InChI is InChI=1S/C45H28N4S/c1-3-14-29(15-4-1)43-46-44(30-16-5-2-6-17-30)48-45(47-43)31-26-27-40-37(28-31)33-19-8-11-24-39(33)49(40)38-23-10-7-18-32(38)35-21-13-22-36-34-20-9-12-25-41(34)50-42(35)36/h1-28H. The Kier molecular flexibility index (Phi) is 6.64. The van der Waals surface area contributed by atoms with Crippen molar-refractivity contribution >= 4 is 53.3 Å². The number of para-hydroxylation sites is 2. The van der Waals surface area contributed by atoms with E-state index in [-0.39, 0.29) is 0 Å². The molecule has 0 bridgehead atoms. The van der Waals surface area contributed by atoms with Gasteiger partial charge in [0.25, 0.3) is 0 Å². The molecule has 5 heteroatoms. The Morgan fingerprint density at radius 1 is 0.380 bits per heavy atom. The first-order valence-electron chi connectivity index (χ1n) is 16.7. The van der Waals surface area contributed by atoms with Gasteiger partial charge in [0, 0.05) is 58.8 Å². The lowest BCUT2D eigenvalue weighted by molar-refractivity contribution is 1.07. The van der Waals surface area contributed by atoms with Gasteiger partial charge in [-0.15, -0.1) is 11.3 Å². The van der Waals surface area contributed by atoms with Crippen LogP contribution in [0.1, 0.15) is 0 Å². The van der Waals surface area contributed by atoms with E-state index in [2.05, 4.69) is 114 Å². The zero-order chi connectivity index (χ0) is 33.0. The third-order valence-electron chi connectivity index (χ3n) is 9.47. The van der Waals surface area contributed by atoms with Gasteiger partial charge in [-0.2, -0.15) is 0 Å². The monoisotopic (exact) mass is 656 g/mol. The summed E-state index contributed by atoms with van der Waals surface area (Å²) in [7, 11) is 0. The summed E-state index contributed by atoms with van der Waals surface area (Å²) in [5.41, 5.74) is 8.73. The van der Waals surface area contributed by atoms with Crippen molar-refractivity contribution in [2.24, 2.45) is 0 Å². The van der Waals surface area contributed by atoms with E-state index < -0.39 is 0 Å². The molecule has 10 aromatic rings. The number of hydrogen-bond donors (Lipinski definition) is 0. The molecule has 0 saturated heterocycles. The Balaban J connectivity index is 1.19. The molecule has 0 atom stereocenters. The first-order chi connectivity index (χ1) is 24.8. The average Bonchev–Trinajstić information content (AvgIpc) is 3.74. The molecule has 50 heavy (non-hydrogen) atoms. The van der Waals surface area contributed by atoms with Crippen molar-refractivity contribution in [2.45, 2.75) is 0 Å². The van der Waals surface area contributed by atoms with Crippen LogP contribution in [0.4, 0.5) is 0 Å². The van der Waals surface area contributed by atoms with Crippen molar-refractivity contribution in [3.63, 3.8) is 0 Å². The average molecular weight is 657 g/mol. The van der Waals surface area contributed by atoms with Crippen LogP contribution in [0.3, 0.4) is 0 Å². The van der Waals surface area contributed by atoms with E-state index in [1.807, 2.05) is 72.0 Å². The van der Waals surface area contributed by atoms with E-state index in [0.29, 0.717) is 17.5 Å². The summed E-state index contributed by atoms with van der Waals surface area (Å²) in [5, 5.41) is 4.93. The molecule has 0 fully saturated rings. The number of benzene rings is 7. The molecule has 0 amide bonds. The SMILES string of the molecule is c1ccc(-c2nc(-c3ccccc3)nc(-c3ccc4c(c3)c3ccccc3n4-c3ccccc3-c3cccc4c3sc3ccccc34)n2)cc1. The van der Waals surface area contributed by atoms with Crippen molar-refractivity contribution in [3.05, 3.63) is 170 Å². The lowest BCUT2D eigenvalue weighted by atomic mass is 10.0. The molecule has 0 aliphatic heterocycles. The van der Waals surface area contributed by atoms with Gasteiger partial charge in [0.2, 0.25) is 0 Å². The van der Waals surface area contributed by atoms with Crippen LogP contribution in [0, 0.1) is 0 Å². The van der Waals surface area contributed by atoms with Crippen molar-refractivity contribution < 1.29 is 0 Å². The molecule has 0 saturated carbocycles. The van der Waals surface area contributed by atoms with Crippen molar-refractivity contribution in [1.29, 1.82) is 0 Å². The van der Waals surface area contributed by atoms with Crippen LogP contribution in [-0.4, -0.2) is 19.5 Å². The van der Waals surface area contributed by atoms with Crippen molar-refractivity contribution in [2.75, 3.05) is 0 Å². The minimum absolute atomic E-state index is 0.647. The molecular formula is C45H28N4S. The molecule has 0 unspecified atom stereocenters. The molecule has 7 aromatic carbocycles. The van der Waals surface area contributed by atoms with Crippen LogP contribution in [0.5, 0.6) is 0 Å². The van der Waals surface area contributed by atoms with Crippen molar-refractivity contribution in [1.82, 2.24) is 19.5 Å². The fraction of sp³-hybridized carbons (Fsp3) is 0. The molecule has 3 heterocycles. The van der Waals surface area contributed by atoms with Crippen LogP contribution in [-0.2, 0) is 0 Å². The van der Waals surface area contributed by atoms with Crippen LogP contribution < -0.4 is 0 Å². The number of fused-ring (bicyclic) bond motifs is 6. The van der Waals surface area contributed by atoms with Gasteiger partial charge < -0.3 is 4.57 Å². The Hall–Kier alpha value is -6.43. The van der Waals surface area contributed by atoms with E-state index in [1.165, 1.54) is 36.7 Å². The van der Waals surface area contributed by atoms with Gasteiger partial charge >= 0.3 is 0 Å². The third-order valence-corrected chi connectivity index (χ3v) is 10.7. The second-order valence-corrected chi connectivity index (χ2v) is 13.5. The van der Waals surface area contributed by atoms with Gasteiger partial charge in [0.05, 0.1) is 16.7 Å². The van der Waals surface area contributed by atoms with Gasteiger partial charge in [-0.3, -0.25) is 0 Å². The highest BCUT2D eigenvalue weighted by Gasteiger charge is 2.19. The maximum atomic E-state index is 5.02. The predicted molar refractivity (Wildman–Crippen MR) is 209 cm³/mol. The molecule has 0 radical (unpaired) electrons. The fourth-order valence-electron chi connectivity index (χ4n) is 7.16. The van der Waals surface area contributed by atoms with Crippen molar-refractivity contribution in [3.8, 4) is 51.0 Å². The minimum atomic E-state index is 0.647. The summed E-state index contributed by atoms with van der Waals surface area (Å²) in [6, 6.07) is 59.7. The van der Waals surface area contributed by atoms with Gasteiger partial charge in [-0.05, 0) is 36.4 Å². The Bertz CT molecular complexity index is 2810. The predicted octanol–water partition coefficient (Wildman–Crippen LogP) is 12.0. The maximum absolute atomic E-state index is 5.02. The summed E-state index contributed by atoms with van der Waals surface area (Å²) in [6.45, 7) is 0. The van der Waals surface area contributed by atoms with Crippen LogP contribution in [0.15, 0.2) is 170 Å². The number of thiophene rings is 1. The summed E-state index contributed by atoms with van der Waals surface area (Å²) in [4.78, 5) is 15.0. The van der Waals surface area contributed by atoms with Gasteiger partial charge in [-0.25, -0.2) is 15.0 Å². The smallest absolute Gasteiger partial charge is 0.164 e. The summed E-state index contributed by atoms with van der Waals surface area (Å²) in [6.07, 6.45) is 0. The third kappa shape index (κ3) is 4.63. The van der Waals surface area contributed by atoms with Gasteiger partial charge in [-0.1, -0.05) is 133 Å². The highest BCUT2D eigenvalue weighted by molar-refractivity contribution is 7.26. The summed E-state index contributed by atoms with van der Waals surface area (Å²) in [5.74, 6) is 1.95. The largest absolute Gasteiger partial charge is 0.309 e. The quantitative estimate of drug-likeness (QED) is 0.185. The number of nitrogens with zero attached hydrogens (tertiary/aromatic N) is 4. The minimum Gasteiger partial charge on any atom is -0.309 e. The van der Waals surface area contributed by atoms with E-state index in [0.717, 1.165) is 38.8 Å². The van der Waals surface area contributed by atoms with E-state index in [4.69, 9.17) is 15.0 Å². The molecule has 4 nitrogen and oxygen atoms in total. The van der Waals surface area contributed by atoms with Crippen LogP contribution >= 0.6 is 11.3 Å². The lowest BCUT2D eigenvalue weighted by Crippen LogP contribution is -2.00. The fourth-order valence-corrected chi connectivity index (χ4v) is 8.40. The normalized spacial score (nSPS) is 11.6. The van der Waals surface area contributed by atoms with E-state index in [9.17, 15) is 0 Å². The molecular weight excluding hydrogens is 629 g/mol. The van der Waals surface area contributed by atoms with Crippen LogP contribution in [0.25, 0.3) is 93.0 Å². The molecule has 0 N–H and O–H groups in total. The first-order valence-corrected chi connectivity index (χ1v) is 17.5. The molecule has 3 aromatic heterocycles. The highest BCUT2D eigenvalue weighted by Crippen LogP contribution is 2.43. The second kappa shape index (κ2) is 11.6. The zero-order valence-corrected chi connectivity index (χ0v) is 27.7. The topological polar surface area (TPSA) is 43.6 Å². The molecule has 0 spiro atoms. The van der Waals surface area contributed by atoms with E-state index in [1.54, 1.807) is 0 Å². The second-order valence-electron chi connectivity index (χ2n) is 12.4. The zero-order valence-electron chi connectivity index (χ0n) is 26.9. The molecule has 0 aliphatic rings. The summed E-state index contributed by atoms with van der Waals surface area (Å²) < 4.78 is 5.03. The Morgan fingerprint density at radius 3 is 1.70 bits per heavy atom. The Labute approximate surface area is 292 Å². The summed E-state index contributed by atoms with van der Waals surface area (Å²) >= 11 is 1.87. The number of rotatable bonds is 5. The van der Waals surface area contributed by atoms with Crippen LogP contribution in [0.2, 0.25) is 0 Å². The molecule has 234 valence electrons. The maximum Gasteiger partial charge on any atom is 0.164 e. The molecule has 0 aliphatic carbocycles. The van der Waals surface area contributed by atoms with E-state index >= 15 is 0 Å². The lowest BCUT2D eigenvalue weighted by Gasteiger charge is -2.15. The van der Waals surface area contributed by atoms with Gasteiger partial charge in [0.1, 0.15) is 0 Å². The highest BCUT2D eigenvalue weighted by atomic mass is 32.1. The number of aromatic nitrogens is 4. The molecule has 10 rings (SSSR count). The number of hydrogen-bond acceptors (Lipinski definition) is 4. The van der Waals surface area contributed by atoms with Gasteiger partial charge in [0.15, 0.2) is 17.5 Å². The Morgan fingerprint density at radius 2 is 0.940 bits per heavy atom. The first kappa shape index (κ1) is 28.6.